The van der Waals surface area contributed by atoms with Gasteiger partial charge in [0.1, 0.15) is 11.5 Å². The van der Waals surface area contributed by atoms with Crippen molar-refractivity contribution in [2.24, 2.45) is 5.92 Å². The summed E-state index contributed by atoms with van der Waals surface area (Å²) in [4.78, 5) is 0. The van der Waals surface area contributed by atoms with Crippen molar-refractivity contribution in [2.45, 2.75) is 26.4 Å². The van der Waals surface area contributed by atoms with Gasteiger partial charge in [-0.25, -0.2) is 0 Å². The van der Waals surface area contributed by atoms with Gasteiger partial charge in [-0.1, -0.05) is 25.4 Å². The Kier molecular flexibility index (Phi) is 5.32. The molecule has 1 rings (SSSR count). The number of aliphatic hydroxyl groups is 1. The lowest BCUT2D eigenvalue weighted by molar-refractivity contribution is 0.0266. The Morgan fingerprint density at radius 2 is 1.84 bits per heavy atom. The van der Waals surface area contributed by atoms with Gasteiger partial charge in [0.05, 0.1) is 30.5 Å². The summed E-state index contributed by atoms with van der Waals surface area (Å²) >= 11 is 6.04. The topological polar surface area (TPSA) is 50.7 Å². The third-order valence-electron chi connectivity index (χ3n) is 3.35. The number of methoxy groups -OCH3 is 2. The lowest BCUT2D eigenvalue weighted by atomic mass is 9.92. The van der Waals surface area contributed by atoms with Crippen LogP contribution in [0.4, 0.5) is 5.69 Å². The second kappa shape index (κ2) is 6.35. The summed E-state index contributed by atoms with van der Waals surface area (Å²) in [6.07, 6.45) is 0. The summed E-state index contributed by atoms with van der Waals surface area (Å²) in [7, 11) is 3.13. The molecule has 1 aromatic rings. The van der Waals surface area contributed by atoms with Crippen LogP contribution in [0.25, 0.3) is 0 Å². The summed E-state index contributed by atoms with van der Waals surface area (Å²) in [6.45, 7) is 6.15. The van der Waals surface area contributed by atoms with Crippen LogP contribution >= 0.6 is 11.6 Å². The van der Waals surface area contributed by atoms with Gasteiger partial charge in [-0.3, -0.25) is 0 Å². The largest absolute Gasteiger partial charge is 0.495 e. The van der Waals surface area contributed by atoms with Crippen LogP contribution in [0.3, 0.4) is 0 Å². The van der Waals surface area contributed by atoms with Gasteiger partial charge < -0.3 is 19.9 Å². The number of ether oxygens (including phenoxy) is 2. The maximum atomic E-state index is 10.2. The zero-order chi connectivity index (χ0) is 14.6. The Morgan fingerprint density at radius 3 is 2.32 bits per heavy atom. The minimum Gasteiger partial charge on any atom is -0.495 e. The van der Waals surface area contributed by atoms with Crippen molar-refractivity contribution in [1.82, 2.24) is 0 Å². The van der Waals surface area contributed by atoms with Crippen molar-refractivity contribution in [3.05, 3.63) is 17.2 Å². The Bertz CT molecular complexity index is 433. The van der Waals surface area contributed by atoms with E-state index in [1.54, 1.807) is 33.3 Å². The highest BCUT2D eigenvalue weighted by atomic mass is 35.5. The van der Waals surface area contributed by atoms with E-state index in [-0.39, 0.29) is 5.92 Å². The molecule has 0 spiro atoms. The summed E-state index contributed by atoms with van der Waals surface area (Å²) < 4.78 is 10.4. The molecule has 2 N–H and O–H groups in total. The average Bonchev–Trinajstić information content (AvgIpc) is 2.36. The predicted molar refractivity (Wildman–Crippen MR) is 78.5 cm³/mol. The molecule has 0 bridgehead atoms. The van der Waals surface area contributed by atoms with Gasteiger partial charge in [-0.05, 0) is 12.8 Å². The molecule has 0 aromatic heterocycles. The Morgan fingerprint density at radius 1 is 1.26 bits per heavy atom. The molecule has 19 heavy (non-hydrogen) atoms. The second-order valence-corrected chi connectivity index (χ2v) is 5.46. The van der Waals surface area contributed by atoms with Crippen LogP contribution in [0, 0.1) is 5.92 Å². The Hall–Kier alpha value is -1.13. The summed E-state index contributed by atoms with van der Waals surface area (Å²) in [5.41, 5.74) is -0.0672. The maximum absolute atomic E-state index is 10.2. The number of nitrogens with one attached hydrogen (secondary N) is 1. The molecule has 0 aliphatic carbocycles. The van der Waals surface area contributed by atoms with E-state index in [1.807, 2.05) is 13.8 Å². The first-order valence-electron chi connectivity index (χ1n) is 6.19. The van der Waals surface area contributed by atoms with Crippen molar-refractivity contribution in [3.8, 4) is 11.5 Å². The molecule has 0 heterocycles. The van der Waals surface area contributed by atoms with Gasteiger partial charge in [0.15, 0.2) is 0 Å². The molecular weight excluding hydrogens is 266 g/mol. The van der Waals surface area contributed by atoms with Crippen molar-refractivity contribution < 1.29 is 14.6 Å². The van der Waals surface area contributed by atoms with E-state index in [9.17, 15) is 5.11 Å². The molecule has 0 aliphatic heterocycles. The molecule has 0 saturated carbocycles. The monoisotopic (exact) mass is 287 g/mol. The first-order chi connectivity index (χ1) is 8.81. The van der Waals surface area contributed by atoms with Crippen LogP contribution in [0.1, 0.15) is 20.8 Å². The lowest BCUT2D eigenvalue weighted by Gasteiger charge is -2.28. The molecule has 4 nitrogen and oxygen atoms in total. The quantitative estimate of drug-likeness (QED) is 0.844. The van der Waals surface area contributed by atoms with Crippen molar-refractivity contribution in [1.29, 1.82) is 0 Å². The average molecular weight is 288 g/mol. The van der Waals surface area contributed by atoms with Crippen LogP contribution < -0.4 is 14.8 Å². The highest BCUT2D eigenvalue weighted by Gasteiger charge is 2.25. The third kappa shape index (κ3) is 3.91. The Balaban J connectivity index is 2.94. The molecule has 1 unspecified atom stereocenters. The first kappa shape index (κ1) is 15.9. The van der Waals surface area contributed by atoms with Crippen LogP contribution in [0.2, 0.25) is 5.02 Å². The van der Waals surface area contributed by atoms with Crippen LogP contribution in [-0.4, -0.2) is 31.5 Å². The van der Waals surface area contributed by atoms with E-state index in [0.29, 0.717) is 23.1 Å². The number of benzene rings is 1. The molecule has 1 aromatic carbocycles. The number of anilines is 1. The highest BCUT2D eigenvalue weighted by molar-refractivity contribution is 6.32. The molecule has 0 aliphatic rings. The molecule has 0 radical (unpaired) electrons. The normalized spacial score (nSPS) is 14.1. The van der Waals surface area contributed by atoms with Gasteiger partial charge in [-0.2, -0.15) is 0 Å². The fourth-order valence-electron chi connectivity index (χ4n) is 1.48. The summed E-state index contributed by atoms with van der Waals surface area (Å²) in [5, 5.41) is 13.9. The minimum atomic E-state index is -0.808. The fourth-order valence-corrected chi connectivity index (χ4v) is 1.71. The van der Waals surface area contributed by atoms with Crippen LogP contribution in [-0.2, 0) is 0 Å². The van der Waals surface area contributed by atoms with Crippen molar-refractivity contribution >= 4 is 17.3 Å². The van der Waals surface area contributed by atoms with Gasteiger partial charge in [0.2, 0.25) is 0 Å². The second-order valence-electron chi connectivity index (χ2n) is 5.05. The SMILES string of the molecule is COc1cc(NCC(C)(O)C(C)C)c(OC)cc1Cl. The number of hydrogen-bond donors (Lipinski definition) is 2. The Labute approximate surface area is 119 Å². The third-order valence-corrected chi connectivity index (χ3v) is 3.65. The summed E-state index contributed by atoms with van der Waals surface area (Å²) in [5.74, 6) is 1.32. The van der Waals surface area contributed by atoms with E-state index in [0.717, 1.165) is 5.69 Å². The molecule has 5 heteroatoms. The summed E-state index contributed by atoms with van der Waals surface area (Å²) in [6, 6.07) is 3.45. The standard InChI is InChI=1S/C14H22ClNO3/c1-9(2)14(3,17)8-16-11-7-12(18-4)10(15)6-13(11)19-5/h6-7,9,16-17H,8H2,1-5H3. The van der Waals surface area contributed by atoms with Gasteiger partial charge in [0, 0.05) is 18.7 Å². The smallest absolute Gasteiger partial charge is 0.143 e. The maximum Gasteiger partial charge on any atom is 0.143 e. The zero-order valence-corrected chi connectivity index (χ0v) is 12.8. The van der Waals surface area contributed by atoms with E-state index in [2.05, 4.69) is 5.32 Å². The number of halogens is 1. The first-order valence-corrected chi connectivity index (χ1v) is 6.57. The zero-order valence-electron chi connectivity index (χ0n) is 12.1. The highest BCUT2D eigenvalue weighted by Crippen LogP contribution is 2.36. The van der Waals surface area contributed by atoms with Crippen molar-refractivity contribution in [3.63, 3.8) is 0 Å². The van der Waals surface area contributed by atoms with E-state index in [4.69, 9.17) is 21.1 Å². The number of rotatable bonds is 6. The van der Waals surface area contributed by atoms with Gasteiger partial charge in [0.25, 0.3) is 0 Å². The van der Waals surface area contributed by atoms with E-state index in [1.165, 1.54) is 0 Å². The van der Waals surface area contributed by atoms with Crippen molar-refractivity contribution in [2.75, 3.05) is 26.1 Å². The molecule has 1 atom stereocenters. The van der Waals surface area contributed by atoms with Crippen LogP contribution in [0.5, 0.6) is 11.5 Å². The molecular formula is C14H22ClNO3. The molecule has 108 valence electrons. The molecule has 0 saturated heterocycles. The van der Waals surface area contributed by atoms with Crippen LogP contribution in [0.15, 0.2) is 12.1 Å². The number of hydrogen-bond acceptors (Lipinski definition) is 4. The minimum absolute atomic E-state index is 0.139. The van der Waals surface area contributed by atoms with E-state index >= 15 is 0 Å². The van der Waals surface area contributed by atoms with Gasteiger partial charge in [-0.15, -0.1) is 0 Å². The molecule has 0 amide bonds. The predicted octanol–water partition coefficient (Wildman–Crippen LogP) is 3.18. The fraction of sp³-hybridized carbons (Fsp3) is 0.571. The lowest BCUT2D eigenvalue weighted by Crippen LogP contribution is -2.38. The molecule has 0 fully saturated rings. The van der Waals surface area contributed by atoms with E-state index < -0.39 is 5.60 Å². The van der Waals surface area contributed by atoms with Gasteiger partial charge >= 0.3 is 0 Å².